The number of ether oxygens (including phenoxy) is 2. The first kappa shape index (κ1) is 15.6. The Balaban J connectivity index is 1.95. The van der Waals surface area contributed by atoms with E-state index < -0.39 is 5.82 Å². The summed E-state index contributed by atoms with van der Waals surface area (Å²) in [6.07, 6.45) is 1.92. The van der Waals surface area contributed by atoms with Crippen LogP contribution < -0.4 is 4.74 Å². The van der Waals surface area contributed by atoms with E-state index in [1.54, 1.807) is 11.0 Å². The number of aryl methyl sites for hydroxylation is 1. The van der Waals surface area contributed by atoms with Crippen molar-refractivity contribution >= 4 is 5.91 Å². The summed E-state index contributed by atoms with van der Waals surface area (Å²) < 4.78 is 26.9. The van der Waals surface area contributed by atoms with E-state index in [9.17, 15) is 9.18 Å². The number of hydrogen-bond acceptors (Lipinski definition) is 3. The molecule has 0 spiro atoms. The van der Waals surface area contributed by atoms with E-state index in [0.29, 0.717) is 19.8 Å². The van der Waals surface area contributed by atoms with Crippen molar-refractivity contribution < 1.29 is 18.7 Å². The number of aromatic nitrogens is 1. The average Bonchev–Trinajstić information content (AvgIpc) is 3.00. The summed E-state index contributed by atoms with van der Waals surface area (Å²) >= 11 is 0. The van der Waals surface area contributed by atoms with Crippen LogP contribution in [-0.4, -0.2) is 42.2 Å². The van der Waals surface area contributed by atoms with E-state index >= 15 is 0 Å². The van der Waals surface area contributed by atoms with Gasteiger partial charge < -0.3 is 18.9 Å². The molecule has 1 atom stereocenters. The van der Waals surface area contributed by atoms with Crippen molar-refractivity contribution in [2.75, 3.05) is 26.9 Å². The predicted octanol–water partition coefficient (Wildman–Crippen LogP) is 2.39. The van der Waals surface area contributed by atoms with Gasteiger partial charge in [0.05, 0.1) is 31.9 Å². The zero-order valence-corrected chi connectivity index (χ0v) is 13.2. The largest absolute Gasteiger partial charge is 0.494 e. The number of amides is 1. The van der Waals surface area contributed by atoms with E-state index in [1.165, 1.54) is 19.2 Å². The van der Waals surface area contributed by atoms with Gasteiger partial charge in [-0.1, -0.05) is 6.07 Å². The smallest absolute Gasteiger partial charge is 0.257 e. The maximum Gasteiger partial charge on any atom is 0.257 e. The first-order valence-electron chi connectivity index (χ1n) is 7.46. The van der Waals surface area contributed by atoms with Gasteiger partial charge in [-0.2, -0.15) is 0 Å². The molecule has 23 heavy (non-hydrogen) atoms. The third-order valence-electron chi connectivity index (χ3n) is 4.13. The summed E-state index contributed by atoms with van der Waals surface area (Å²) in [5.41, 5.74) is 0.979. The molecule has 2 aromatic rings. The van der Waals surface area contributed by atoms with Crippen LogP contribution in [0.4, 0.5) is 4.39 Å². The standard InChI is InChI=1S/C17H19FN2O3/c1-19-8-4-6-13(19)14-11-23-10-9-20(14)17(21)12-5-3-7-15(22-2)16(12)18/h3-8,14H,9-11H2,1-2H3/t14-/m0/s1. The molecule has 1 aromatic carbocycles. The van der Waals surface area contributed by atoms with Gasteiger partial charge in [0, 0.05) is 25.5 Å². The van der Waals surface area contributed by atoms with Crippen LogP contribution in [0.1, 0.15) is 22.1 Å². The molecular weight excluding hydrogens is 299 g/mol. The van der Waals surface area contributed by atoms with Crippen molar-refractivity contribution in [1.29, 1.82) is 0 Å². The van der Waals surface area contributed by atoms with E-state index in [1.807, 2.05) is 29.9 Å². The first-order chi connectivity index (χ1) is 11.1. The summed E-state index contributed by atoms with van der Waals surface area (Å²) in [6, 6.07) is 8.23. The molecule has 0 N–H and O–H groups in total. The molecule has 1 fully saturated rings. The van der Waals surface area contributed by atoms with Crippen LogP contribution in [0.2, 0.25) is 0 Å². The van der Waals surface area contributed by atoms with Crippen molar-refractivity contribution in [3.8, 4) is 5.75 Å². The number of carbonyl (C=O) groups is 1. The zero-order valence-electron chi connectivity index (χ0n) is 13.2. The maximum atomic E-state index is 14.4. The fourth-order valence-corrected chi connectivity index (χ4v) is 2.90. The van der Waals surface area contributed by atoms with E-state index in [4.69, 9.17) is 9.47 Å². The summed E-state index contributed by atoms with van der Waals surface area (Å²) in [6.45, 7) is 1.26. The Morgan fingerprint density at radius 2 is 2.17 bits per heavy atom. The van der Waals surface area contributed by atoms with Gasteiger partial charge in [0.25, 0.3) is 5.91 Å². The van der Waals surface area contributed by atoms with Crippen molar-refractivity contribution in [2.24, 2.45) is 7.05 Å². The van der Waals surface area contributed by atoms with Gasteiger partial charge in [-0.05, 0) is 24.3 Å². The van der Waals surface area contributed by atoms with Gasteiger partial charge in [-0.3, -0.25) is 4.79 Å². The molecular formula is C17H19FN2O3. The number of methoxy groups -OCH3 is 1. The molecule has 122 valence electrons. The lowest BCUT2D eigenvalue weighted by atomic mass is 10.1. The van der Waals surface area contributed by atoms with Crippen LogP contribution in [0.5, 0.6) is 5.75 Å². The third-order valence-corrected chi connectivity index (χ3v) is 4.13. The Morgan fingerprint density at radius 3 is 2.87 bits per heavy atom. The molecule has 0 bridgehead atoms. The highest BCUT2D eigenvalue weighted by Crippen LogP contribution is 2.28. The van der Waals surface area contributed by atoms with Crippen LogP contribution >= 0.6 is 0 Å². The van der Waals surface area contributed by atoms with Gasteiger partial charge in [-0.15, -0.1) is 0 Å². The van der Waals surface area contributed by atoms with Crippen LogP contribution in [-0.2, 0) is 11.8 Å². The topological polar surface area (TPSA) is 43.7 Å². The van der Waals surface area contributed by atoms with E-state index in [2.05, 4.69) is 0 Å². The van der Waals surface area contributed by atoms with Crippen LogP contribution in [0.3, 0.4) is 0 Å². The predicted molar refractivity (Wildman–Crippen MR) is 83.0 cm³/mol. The van der Waals surface area contributed by atoms with Crippen molar-refractivity contribution in [3.63, 3.8) is 0 Å². The molecule has 1 aromatic heterocycles. The molecule has 0 radical (unpaired) electrons. The van der Waals surface area contributed by atoms with Gasteiger partial charge in [0.1, 0.15) is 0 Å². The van der Waals surface area contributed by atoms with Crippen molar-refractivity contribution in [1.82, 2.24) is 9.47 Å². The van der Waals surface area contributed by atoms with Gasteiger partial charge >= 0.3 is 0 Å². The van der Waals surface area contributed by atoms with Crippen LogP contribution in [0.25, 0.3) is 0 Å². The zero-order chi connectivity index (χ0) is 16.4. The molecule has 6 heteroatoms. The Kier molecular flexibility index (Phi) is 4.34. The summed E-state index contributed by atoms with van der Waals surface area (Å²) in [5.74, 6) is -0.910. The minimum absolute atomic E-state index is 0.0189. The second-order valence-electron chi connectivity index (χ2n) is 5.46. The average molecular weight is 318 g/mol. The van der Waals surface area contributed by atoms with Gasteiger partial charge in [0.15, 0.2) is 11.6 Å². The quantitative estimate of drug-likeness (QED) is 0.873. The Morgan fingerprint density at radius 1 is 1.35 bits per heavy atom. The molecule has 1 amide bonds. The number of nitrogens with zero attached hydrogens (tertiary/aromatic N) is 2. The second-order valence-corrected chi connectivity index (χ2v) is 5.46. The van der Waals surface area contributed by atoms with E-state index in [0.717, 1.165) is 5.69 Å². The molecule has 1 aliphatic rings. The van der Waals surface area contributed by atoms with Gasteiger partial charge in [0.2, 0.25) is 0 Å². The number of rotatable bonds is 3. The van der Waals surface area contributed by atoms with Crippen molar-refractivity contribution in [2.45, 2.75) is 6.04 Å². The molecule has 0 aliphatic carbocycles. The molecule has 0 unspecified atom stereocenters. The number of benzene rings is 1. The molecule has 3 rings (SSSR count). The Hall–Kier alpha value is -2.34. The molecule has 1 aliphatic heterocycles. The number of halogens is 1. The highest BCUT2D eigenvalue weighted by atomic mass is 19.1. The third kappa shape index (κ3) is 2.82. The molecule has 1 saturated heterocycles. The fourth-order valence-electron chi connectivity index (χ4n) is 2.90. The molecule has 0 saturated carbocycles. The van der Waals surface area contributed by atoms with Crippen LogP contribution in [0.15, 0.2) is 36.5 Å². The highest BCUT2D eigenvalue weighted by molar-refractivity contribution is 5.95. The summed E-state index contributed by atoms with van der Waals surface area (Å²) in [5, 5.41) is 0. The normalized spacial score (nSPS) is 18.0. The highest BCUT2D eigenvalue weighted by Gasteiger charge is 2.32. The Labute approximate surface area is 134 Å². The lowest BCUT2D eigenvalue weighted by Gasteiger charge is -2.36. The lowest BCUT2D eigenvalue weighted by Crippen LogP contribution is -2.44. The number of morpholine rings is 1. The number of carbonyl (C=O) groups excluding carboxylic acids is 1. The minimum atomic E-state index is -0.628. The monoisotopic (exact) mass is 318 g/mol. The van der Waals surface area contributed by atoms with Gasteiger partial charge in [-0.25, -0.2) is 4.39 Å². The fraction of sp³-hybridized carbons (Fsp3) is 0.353. The SMILES string of the molecule is COc1cccc(C(=O)N2CCOC[C@H]2c2cccn2C)c1F. The van der Waals surface area contributed by atoms with Crippen molar-refractivity contribution in [3.05, 3.63) is 53.6 Å². The molecule has 2 heterocycles. The van der Waals surface area contributed by atoms with Crippen LogP contribution in [0, 0.1) is 5.82 Å². The summed E-state index contributed by atoms with van der Waals surface area (Å²) in [7, 11) is 3.30. The number of hydrogen-bond donors (Lipinski definition) is 0. The first-order valence-corrected chi connectivity index (χ1v) is 7.46. The molecule has 5 nitrogen and oxygen atoms in total. The summed E-state index contributed by atoms with van der Waals surface area (Å²) in [4.78, 5) is 14.5. The Bertz CT molecular complexity index is 714. The van der Waals surface area contributed by atoms with E-state index in [-0.39, 0.29) is 23.3 Å². The minimum Gasteiger partial charge on any atom is -0.494 e. The maximum absolute atomic E-state index is 14.4. The lowest BCUT2D eigenvalue weighted by molar-refractivity contribution is -0.00489. The second kappa shape index (κ2) is 6.42.